The van der Waals surface area contributed by atoms with Gasteiger partial charge in [0.1, 0.15) is 11.6 Å². The van der Waals surface area contributed by atoms with Crippen LogP contribution in [0.2, 0.25) is 0 Å². The molecule has 0 aliphatic heterocycles. The van der Waals surface area contributed by atoms with Crippen molar-refractivity contribution in [3.63, 3.8) is 0 Å². The van der Waals surface area contributed by atoms with E-state index in [9.17, 15) is 27.9 Å². The number of aromatic hydroxyl groups is 1. The fourth-order valence-corrected chi connectivity index (χ4v) is 3.92. The van der Waals surface area contributed by atoms with Gasteiger partial charge in [0.15, 0.2) is 0 Å². The molecule has 0 saturated heterocycles. The van der Waals surface area contributed by atoms with Gasteiger partial charge in [0.25, 0.3) is 0 Å². The molecule has 13 heteroatoms. The number of anilines is 2. The molecule has 3 aromatic heterocycles. The van der Waals surface area contributed by atoms with Crippen LogP contribution in [-0.4, -0.2) is 35.7 Å². The summed E-state index contributed by atoms with van der Waals surface area (Å²) in [7, 11) is 0. The number of carbonyl (C=O) groups is 1. The van der Waals surface area contributed by atoms with E-state index >= 15 is 0 Å². The van der Waals surface area contributed by atoms with Crippen LogP contribution in [0.25, 0.3) is 5.69 Å². The Labute approximate surface area is 206 Å². The zero-order chi connectivity index (χ0) is 25.9. The summed E-state index contributed by atoms with van der Waals surface area (Å²) in [5.74, 6) is 0.251. The lowest BCUT2D eigenvalue weighted by atomic mass is 10.2. The Morgan fingerprint density at radius 2 is 1.72 bits per heavy atom. The molecule has 3 N–H and O–H groups in total. The molecule has 0 radical (unpaired) electrons. The summed E-state index contributed by atoms with van der Waals surface area (Å²) in [6.07, 6.45) is 2.99. The molecule has 186 valence electrons. The third-order valence-electron chi connectivity index (χ3n) is 5.00. The monoisotopic (exact) mass is 516 g/mol. The van der Waals surface area contributed by atoms with E-state index in [2.05, 4.69) is 20.6 Å². The number of aromatic nitrogens is 4. The number of imidazole rings is 1. The number of nitrogens with zero attached hydrogens (tertiary/aromatic N) is 4. The van der Waals surface area contributed by atoms with Crippen molar-refractivity contribution in [2.24, 2.45) is 0 Å². The number of thioether (sulfide) groups is 1. The van der Waals surface area contributed by atoms with Crippen LogP contribution in [0.4, 0.5) is 29.6 Å². The first-order valence-electron chi connectivity index (χ1n) is 10.4. The highest BCUT2D eigenvalue weighted by Gasteiger charge is 2.29. The molecule has 0 atom stereocenters. The fraction of sp³-hybridized carbons (Fsp3) is 0.130. The molecule has 0 unspecified atom stereocenters. The number of halogens is 3. The van der Waals surface area contributed by atoms with Gasteiger partial charge in [0.2, 0.25) is 5.88 Å². The van der Waals surface area contributed by atoms with Gasteiger partial charge < -0.3 is 5.11 Å². The van der Waals surface area contributed by atoms with Crippen LogP contribution in [0, 0.1) is 6.92 Å². The number of amides is 2. The first kappa shape index (κ1) is 24.9. The highest BCUT2D eigenvalue weighted by atomic mass is 32.2. The van der Waals surface area contributed by atoms with Crippen LogP contribution >= 0.6 is 11.8 Å². The number of pyridine rings is 2. The predicted octanol–water partition coefficient (Wildman–Crippen LogP) is 4.75. The number of hydrogen-bond donors (Lipinski definition) is 3. The topological polar surface area (TPSA) is 114 Å². The van der Waals surface area contributed by atoms with E-state index in [-0.39, 0.29) is 46.3 Å². The van der Waals surface area contributed by atoms with Gasteiger partial charge in [0, 0.05) is 17.3 Å². The van der Waals surface area contributed by atoms with Crippen molar-refractivity contribution in [3.05, 3.63) is 88.7 Å². The summed E-state index contributed by atoms with van der Waals surface area (Å²) in [6, 6.07) is 12.8. The standard InChI is InChI=1S/C23H19F3N6O3S/c1-14-20(33)32(16-5-7-17(8-6-16)36-23(24,25)26)22(35)31(14)13-15-9-11-28-19(12-15)30-21(34)29-18-4-2-3-10-27-18/h2-12,33H,13H2,1H3,(H2,27,28,29,30,34). The lowest BCUT2D eigenvalue weighted by Crippen LogP contribution is -2.24. The van der Waals surface area contributed by atoms with Gasteiger partial charge in [-0.25, -0.2) is 24.1 Å². The molecule has 0 saturated carbocycles. The first-order valence-corrected chi connectivity index (χ1v) is 11.2. The van der Waals surface area contributed by atoms with E-state index in [1.807, 2.05) is 0 Å². The first-order chi connectivity index (χ1) is 17.1. The maximum Gasteiger partial charge on any atom is 0.446 e. The highest BCUT2D eigenvalue weighted by molar-refractivity contribution is 8.00. The minimum absolute atomic E-state index is 0.0427. The second-order valence-electron chi connectivity index (χ2n) is 7.50. The Kier molecular flexibility index (Phi) is 7.01. The van der Waals surface area contributed by atoms with Crippen molar-refractivity contribution < 1.29 is 23.1 Å². The molecule has 0 aliphatic carbocycles. The number of hydrogen-bond acceptors (Lipinski definition) is 6. The number of alkyl halides is 3. The largest absolute Gasteiger partial charge is 0.493 e. The smallest absolute Gasteiger partial charge is 0.446 e. The van der Waals surface area contributed by atoms with Crippen molar-refractivity contribution in [2.75, 3.05) is 10.6 Å². The molecule has 36 heavy (non-hydrogen) atoms. The normalized spacial score (nSPS) is 11.3. The molecule has 2 amide bonds. The maximum absolute atomic E-state index is 13.1. The zero-order valence-electron chi connectivity index (χ0n) is 18.7. The molecule has 0 bridgehead atoms. The molecule has 4 aromatic rings. The summed E-state index contributed by atoms with van der Waals surface area (Å²) in [5, 5.41) is 15.7. The van der Waals surface area contributed by atoms with E-state index in [4.69, 9.17) is 0 Å². The average molecular weight is 517 g/mol. The van der Waals surface area contributed by atoms with Gasteiger partial charge in [-0.1, -0.05) is 6.07 Å². The Bertz CT molecular complexity index is 1440. The average Bonchev–Trinajstić information content (AvgIpc) is 3.02. The van der Waals surface area contributed by atoms with Crippen LogP contribution in [-0.2, 0) is 6.54 Å². The van der Waals surface area contributed by atoms with Crippen LogP contribution in [0.3, 0.4) is 0 Å². The summed E-state index contributed by atoms with van der Waals surface area (Å²) in [6.45, 7) is 1.59. The van der Waals surface area contributed by atoms with Gasteiger partial charge in [0.05, 0.1) is 17.9 Å². The number of benzene rings is 1. The Morgan fingerprint density at radius 1 is 1.03 bits per heavy atom. The highest BCUT2D eigenvalue weighted by Crippen LogP contribution is 2.37. The Morgan fingerprint density at radius 3 is 2.39 bits per heavy atom. The van der Waals surface area contributed by atoms with E-state index in [1.54, 1.807) is 37.3 Å². The van der Waals surface area contributed by atoms with Crippen molar-refractivity contribution in [1.82, 2.24) is 19.1 Å². The van der Waals surface area contributed by atoms with Crippen molar-refractivity contribution >= 4 is 29.4 Å². The number of rotatable bonds is 6. The molecule has 0 fully saturated rings. The lowest BCUT2D eigenvalue weighted by molar-refractivity contribution is -0.0328. The van der Waals surface area contributed by atoms with Crippen LogP contribution in [0.15, 0.2) is 76.7 Å². The minimum Gasteiger partial charge on any atom is -0.493 e. The second-order valence-corrected chi connectivity index (χ2v) is 8.64. The van der Waals surface area contributed by atoms with E-state index in [0.29, 0.717) is 11.4 Å². The second kappa shape index (κ2) is 10.2. The third kappa shape index (κ3) is 5.86. The minimum atomic E-state index is -4.43. The van der Waals surface area contributed by atoms with Crippen molar-refractivity contribution in [1.29, 1.82) is 0 Å². The summed E-state index contributed by atoms with van der Waals surface area (Å²) in [5.41, 5.74) is -3.93. The fourth-order valence-electron chi connectivity index (χ4n) is 3.38. The summed E-state index contributed by atoms with van der Waals surface area (Å²) < 4.78 is 40.1. The van der Waals surface area contributed by atoms with Crippen molar-refractivity contribution in [2.45, 2.75) is 23.9 Å². The predicted molar refractivity (Wildman–Crippen MR) is 129 cm³/mol. The molecular formula is C23H19F3N6O3S. The quantitative estimate of drug-likeness (QED) is 0.319. The number of nitrogens with one attached hydrogen (secondary N) is 2. The molecule has 9 nitrogen and oxygen atoms in total. The zero-order valence-corrected chi connectivity index (χ0v) is 19.5. The van der Waals surface area contributed by atoms with Gasteiger partial charge in [-0.2, -0.15) is 13.2 Å². The van der Waals surface area contributed by atoms with Gasteiger partial charge in [-0.05, 0) is 72.8 Å². The molecule has 3 heterocycles. The summed E-state index contributed by atoms with van der Waals surface area (Å²) in [4.78, 5) is 33.3. The van der Waals surface area contributed by atoms with Crippen LogP contribution in [0.1, 0.15) is 11.3 Å². The molecule has 1 aromatic carbocycles. The SMILES string of the molecule is Cc1c(O)n(-c2ccc(SC(F)(F)F)cc2)c(=O)n1Cc1ccnc(NC(=O)Nc2ccccn2)c1. The van der Waals surface area contributed by atoms with Gasteiger partial charge >= 0.3 is 17.2 Å². The van der Waals surface area contributed by atoms with Crippen LogP contribution in [0.5, 0.6) is 5.88 Å². The van der Waals surface area contributed by atoms with E-state index in [1.165, 1.54) is 41.2 Å². The van der Waals surface area contributed by atoms with E-state index < -0.39 is 17.2 Å². The van der Waals surface area contributed by atoms with Gasteiger partial charge in [-0.15, -0.1) is 0 Å². The number of carbonyl (C=O) groups excluding carboxylic acids is 1. The lowest BCUT2D eigenvalue weighted by Gasteiger charge is -2.09. The molecule has 4 rings (SSSR count). The molecule has 0 spiro atoms. The Hall–Kier alpha value is -4.26. The number of urea groups is 1. The van der Waals surface area contributed by atoms with Crippen LogP contribution < -0.4 is 16.3 Å². The van der Waals surface area contributed by atoms with Gasteiger partial charge in [-0.3, -0.25) is 15.2 Å². The summed E-state index contributed by atoms with van der Waals surface area (Å²) >= 11 is -0.270. The van der Waals surface area contributed by atoms with E-state index in [0.717, 1.165) is 4.57 Å². The molecular weight excluding hydrogens is 497 g/mol. The Balaban J connectivity index is 1.53. The third-order valence-corrected chi connectivity index (χ3v) is 5.74. The maximum atomic E-state index is 13.1. The molecule has 0 aliphatic rings. The van der Waals surface area contributed by atoms with Crippen molar-refractivity contribution in [3.8, 4) is 11.6 Å².